The predicted octanol–water partition coefficient (Wildman–Crippen LogP) is 5.06. The Labute approximate surface area is 114 Å². The van der Waals surface area contributed by atoms with Gasteiger partial charge >= 0.3 is 0 Å². The molecule has 2 rings (SSSR count). The number of aromatic nitrogens is 1. The molecule has 0 saturated heterocycles. The second kappa shape index (κ2) is 5.23. The number of nitrogens with zero attached hydrogens (tertiary/aromatic N) is 1. The van der Waals surface area contributed by atoms with Crippen molar-refractivity contribution in [1.82, 2.24) is 4.98 Å². The van der Waals surface area contributed by atoms with Gasteiger partial charge in [0.1, 0.15) is 5.01 Å². The molecule has 18 heavy (non-hydrogen) atoms. The molecular weight excluding hydrogens is 238 g/mol. The van der Waals surface area contributed by atoms with Gasteiger partial charge in [0, 0.05) is 16.4 Å². The van der Waals surface area contributed by atoms with Gasteiger partial charge in [-0.3, -0.25) is 0 Å². The molecule has 96 valence electrons. The lowest BCUT2D eigenvalue weighted by atomic mass is 9.93. The molecule has 0 N–H and O–H groups in total. The third kappa shape index (κ3) is 2.99. The van der Waals surface area contributed by atoms with E-state index < -0.39 is 0 Å². The lowest BCUT2D eigenvalue weighted by Gasteiger charge is -2.14. The lowest BCUT2D eigenvalue weighted by Crippen LogP contribution is -2.11. The number of rotatable bonds is 3. The molecule has 1 aromatic heterocycles. The van der Waals surface area contributed by atoms with E-state index in [2.05, 4.69) is 57.3 Å². The highest BCUT2D eigenvalue weighted by Gasteiger charge is 2.17. The summed E-state index contributed by atoms with van der Waals surface area (Å²) in [6.07, 6.45) is 2.36. The summed E-state index contributed by atoms with van der Waals surface area (Å²) in [5.41, 5.74) is 3.96. The number of hydrogen-bond donors (Lipinski definition) is 0. The molecule has 0 saturated carbocycles. The van der Waals surface area contributed by atoms with Gasteiger partial charge in [-0.1, -0.05) is 58.4 Å². The van der Waals surface area contributed by atoms with E-state index in [-0.39, 0.29) is 5.41 Å². The third-order valence-corrected chi connectivity index (χ3v) is 3.90. The van der Waals surface area contributed by atoms with Gasteiger partial charge in [0.15, 0.2) is 0 Å². The third-order valence-electron chi connectivity index (χ3n) is 3.01. The molecule has 0 bridgehead atoms. The molecule has 1 aromatic carbocycles. The summed E-state index contributed by atoms with van der Waals surface area (Å²) < 4.78 is 0. The number of benzene rings is 1. The average Bonchev–Trinajstić information content (AvgIpc) is 2.79. The molecule has 0 unspecified atom stereocenters. The van der Waals surface area contributed by atoms with Crippen molar-refractivity contribution >= 4 is 11.3 Å². The first-order valence-electron chi connectivity index (χ1n) is 6.56. The zero-order chi connectivity index (χ0) is 13.2. The van der Waals surface area contributed by atoms with Crippen LogP contribution in [0.25, 0.3) is 10.6 Å². The van der Waals surface area contributed by atoms with Crippen molar-refractivity contribution in [3.05, 3.63) is 40.9 Å². The van der Waals surface area contributed by atoms with Crippen LogP contribution in [0.1, 0.15) is 45.4 Å². The van der Waals surface area contributed by atoms with Gasteiger partial charge in [-0.25, -0.2) is 4.98 Å². The summed E-state index contributed by atoms with van der Waals surface area (Å²) in [5.74, 6) is 0. The minimum absolute atomic E-state index is 0.136. The highest BCUT2D eigenvalue weighted by atomic mass is 32.1. The quantitative estimate of drug-likeness (QED) is 0.750. The highest BCUT2D eigenvalue weighted by Crippen LogP contribution is 2.29. The summed E-state index contributed by atoms with van der Waals surface area (Å²) in [6.45, 7) is 8.83. The Kier molecular flexibility index (Phi) is 3.86. The zero-order valence-corrected chi connectivity index (χ0v) is 12.5. The molecule has 0 amide bonds. The maximum absolute atomic E-state index is 4.75. The van der Waals surface area contributed by atoms with E-state index in [0.29, 0.717) is 0 Å². The van der Waals surface area contributed by atoms with E-state index >= 15 is 0 Å². The largest absolute Gasteiger partial charge is 0.241 e. The van der Waals surface area contributed by atoms with E-state index in [9.17, 15) is 0 Å². The Balaban J connectivity index is 2.23. The molecule has 0 atom stereocenters. The minimum atomic E-state index is 0.136. The van der Waals surface area contributed by atoms with E-state index in [1.165, 1.54) is 23.2 Å². The fraction of sp³-hybridized carbons (Fsp3) is 0.438. The molecule has 0 fully saturated rings. The van der Waals surface area contributed by atoms with Crippen LogP contribution in [0.15, 0.2) is 29.6 Å². The fourth-order valence-corrected chi connectivity index (χ4v) is 2.91. The van der Waals surface area contributed by atoms with Crippen LogP contribution < -0.4 is 0 Å². The molecule has 1 nitrogen and oxygen atoms in total. The molecule has 0 aliphatic heterocycles. The van der Waals surface area contributed by atoms with E-state index in [1.54, 1.807) is 11.3 Å². The van der Waals surface area contributed by atoms with Gasteiger partial charge in [0.25, 0.3) is 0 Å². The van der Waals surface area contributed by atoms with Gasteiger partial charge in [-0.05, 0) is 12.0 Å². The van der Waals surface area contributed by atoms with Crippen molar-refractivity contribution in [1.29, 1.82) is 0 Å². The maximum Gasteiger partial charge on any atom is 0.123 e. The Bertz CT molecular complexity index is 503. The standard InChI is InChI=1S/C16H21NS/c1-5-6-12-7-9-13(10-8-12)15-17-14(11-18-15)16(2,3)4/h7-11H,5-6H2,1-4H3. The lowest BCUT2D eigenvalue weighted by molar-refractivity contribution is 0.573. The van der Waals surface area contributed by atoms with Crippen molar-refractivity contribution in [2.45, 2.75) is 46.0 Å². The Morgan fingerprint density at radius 3 is 2.28 bits per heavy atom. The average molecular weight is 259 g/mol. The summed E-state index contributed by atoms with van der Waals surface area (Å²) in [4.78, 5) is 4.75. The number of thiazole rings is 1. The fourth-order valence-electron chi connectivity index (χ4n) is 1.85. The minimum Gasteiger partial charge on any atom is -0.241 e. The van der Waals surface area contributed by atoms with Crippen LogP contribution >= 0.6 is 11.3 Å². The number of aryl methyl sites for hydroxylation is 1. The van der Waals surface area contributed by atoms with Crippen molar-refractivity contribution < 1.29 is 0 Å². The molecular formula is C16H21NS. The molecule has 2 heteroatoms. The van der Waals surface area contributed by atoms with Crippen LogP contribution in [0, 0.1) is 0 Å². The molecule has 0 aliphatic rings. The summed E-state index contributed by atoms with van der Waals surface area (Å²) in [7, 11) is 0. The van der Waals surface area contributed by atoms with E-state index in [0.717, 1.165) is 11.4 Å². The van der Waals surface area contributed by atoms with Crippen LogP contribution in [0.3, 0.4) is 0 Å². The highest BCUT2D eigenvalue weighted by molar-refractivity contribution is 7.13. The van der Waals surface area contributed by atoms with E-state index in [4.69, 9.17) is 4.98 Å². The second-order valence-corrected chi connectivity index (χ2v) is 6.59. The summed E-state index contributed by atoms with van der Waals surface area (Å²) >= 11 is 1.74. The molecule has 0 radical (unpaired) electrons. The van der Waals surface area contributed by atoms with Crippen molar-refractivity contribution in [3.63, 3.8) is 0 Å². The van der Waals surface area contributed by atoms with Crippen LogP contribution in [0.4, 0.5) is 0 Å². The summed E-state index contributed by atoms with van der Waals surface area (Å²) in [5, 5.41) is 3.30. The van der Waals surface area contributed by atoms with Gasteiger partial charge in [-0.2, -0.15) is 0 Å². The normalized spacial score (nSPS) is 11.8. The Morgan fingerprint density at radius 2 is 1.78 bits per heavy atom. The first kappa shape index (κ1) is 13.3. The van der Waals surface area contributed by atoms with Gasteiger partial charge in [0.05, 0.1) is 5.69 Å². The molecule has 0 spiro atoms. The predicted molar refractivity (Wildman–Crippen MR) is 80.2 cm³/mol. The smallest absolute Gasteiger partial charge is 0.123 e. The first-order valence-corrected chi connectivity index (χ1v) is 7.44. The van der Waals surface area contributed by atoms with Crippen LogP contribution in [0.2, 0.25) is 0 Å². The van der Waals surface area contributed by atoms with Gasteiger partial charge < -0.3 is 0 Å². The first-order chi connectivity index (χ1) is 8.50. The SMILES string of the molecule is CCCc1ccc(-c2nc(C(C)(C)C)cs2)cc1. The van der Waals surface area contributed by atoms with E-state index in [1.807, 2.05) is 0 Å². The topological polar surface area (TPSA) is 12.9 Å². The maximum atomic E-state index is 4.75. The van der Waals surface area contributed by atoms with Crippen molar-refractivity contribution in [2.75, 3.05) is 0 Å². The van der Waals surface area contributed by atoms with Crippen molar-refractivity contribution in [2.24, 2.45) is 0 Å². The van der Waals surface area contributed by atoms with Crippen LogP contribution in [0.5, 0.6) is 0 Å². The molecule has 0 aliphatic carbocycles. The molecule has 1 heterocycles. The Hall–Kier alpha value is -1.15. The summed E-state index contributed by atoms with van der Waals surface area (Å²) in [6, 6.07) is 8.82. The van der Waals surface area contributed by atoms with Crippen LogP contribution in [-0.2, 0) is 11.8 Å². The monoisotopic (exact) mass is 259 g/mol. The van der Waals surface area contributed by atoms with Gasteiger partial charge in [0.2, 0.25) is 0 Å². The second-order valence-electron chi connectivity index (χ2n) is 5.73. The molecule has 2 aromatic rings. The Morgan fingerprint density at radius 1 is 1.11 bits per heavy atom. The van der Waals surface area contributed by atoms with Crippen LogP contribution in [-0.4, -0.2) is 4.98 Å². The number of hydrogen-bond acceptors (Lipinski definition) is 2. The zero-order valence-electron chi connectivity index (χ0n) is 11.7. The van der Waals surface area contributed by atoms with Crippen molar-refractivity contribution in [3.8, 4) is 10.6 Å². The van der Waals surface area contributed by atoms with Gasteiger partial charge in [-0.15, -0.1) is 11.3 Å².